The van der Waals surface area contributed by atoms with Crippen LogP contribution in [0.5, 0.6) is 0 Å². The van der Waals surface area contributed by atoms with Crippen molar-refractivity contribution in [2.45, 2.75) is 18.6 Å². The van der Waals surface area contributed by atoms with Gasteiger partial charge in [-0.3, -0.25) is 15.6 Å². The first-order valence-corrected chi connectivity index (χ1v) is 7.12. The van der Waals surface area contributed by atoms with Gasteiger partial charge in [0, 0.05) is 30.3 Å². The van der Waals surface area contributed by atoms with Crippen LogP contribution in [0, 0.1) is 0 Å². The van der Waals surface area contributed by atoms with Crippen molar-refractivity contribution in [3.63, 3.8) is 0 Å². The molecular weight excluding hydrogens is 248 g/mol. The Morgan fingerprint density at radius 2 is 2.56 bits per heavy atom. The lowest BCUT2D eigenvalue weighted by Gasteiger charge is -2.32. The van der Waals surface area contributed by atoms with Crippen LogP contribution >= 0.6 is 11.8 Å². The average molecular weight is 266 g/mol. The molecule has 1 aromatic heterocycles. The number of hydrogen-bond donors (Lipinski definition) is 2. The minimum absolute atomic E-state index is 0.0316. The third-order valence-electron chi connectivity index (χ3n) is 3.09. The minimum atomic E-state index is 0.0316. The zero-order valence-corrected chi connectivity index (χ0v) is 11.2. The zero-order chi connectivity index (χ0) is 13.0. The van der Waals surface area contributed by atoms with Crippen LogP contribution in [0.15, 0.2) is 18.5 Å². The second-order valence-corrected chi connectivity index (χ2v) is 5.63. The highest BCUT2D eigenvalue weighted by Crippen LogP contribution is 2.23. The molecule has 18 heavy (non-hydrogen) atoms. The number of nitrogen functional groups attached to an aromatic ring is 1. The standard InChI is InChI=1S/C12H18N4OS/c1-2-9-8-16(5-6-18-9)12(17)10-3-4-14-7-11(10)15-13/h3-4,7,9,15H,2,5-6,8,13H2,1H3. The lowest BCUT2D eigenvalue weighted by Crippen LogP contribution is -2.42. The van der Waals surface area contributed by atoms with Crippen LogP contribution in [0.25, 0.3) is 0 Å². The van der Waals surface area contributed by atoms with E-state index in [-0.39, 0.29) is 5.91 Å². The first-order chi connectivity index (χ1) is 8.76. The molecule has 2 heterocycles. The van der Waals surface area contributed by atoms with Gasteiger partial charge in [-0.15, -0.1) is 0 Å². The van der Waals surface area contributed by atoms with Crippen molar-refractivity contribution >= 4 is 23.4 Å². The van der Waals surface area contributed by atoms with Crippen molar-refractivity contribution in [2.24, 2.45) is 5.84 Å². The number of amides is 1. The maximum Gasteiger partial charge on any atom is 0.256 e. The molecule has 1 fully saturated rings. The molecule has 0 radical (unpaired) electrons. The van der Waals surface area contributed by atoms with E-state index in [9.17, 15) is 4.79 Å². The first-order valence-electron chi connectivity index (χ1n) is 6.07. The highest BCUT2D eigenvalue weighted by atomic mass is 32.2. The summed E-state index contributed by atoms with van der Waals surface area (Å²) in [6.45, 7) is 3.77. The molecule has 1 unspecified atom stereocenters. The molecule has 1 aromatic rings. The Kier molecular flexibility index (Phi) is 4.43. The Morgan fingerprint density at radius 1 is 1.72 bits per heavy atom. The van der Waals surface area contributed by atoms with E-state index < -0.39 is 0 Å². The van der Waals surface area contributed by atoms with Crippen molar-refractivity contribution in [3.05, 3.63) is 24.0 Å². The molecular formula is C12H18N4OS. The van der Waals surface area contributed by atoms with Crippen molar-refractivity contribution in [1.29, 1.82) is 0 Å². The number of nitrogens with two attached hydrogens (primary N) is 1. The van der Waals surface area contributed by atoms with Gasteiger partial charge < -0.3 is 10.3 Å². The fraction of sp³-hybridized carbons (Fsp3) is 0.500. The lowest BCUT2D eigenvalue weighted by atomic mass is 10.2. The molecule has 0 saturated carbocycles. The highest BCUT2D eigenvalue weighted by Gasteiger charge is 2.25. The van der Waals surface area contributed by atoms with Crippen molar-refractivity contribution in [2.75, 3.05) is 24.3 Å². The normalized spacial score (nSPS) is 19.7. The van der Waals surface area contributed by atoms with E-state index in [1.165, 1.54) is 0 Å². The second kappa shape index (κ2) is 6.06. The monoisotopic (exact) mass is 266 g/mol. The molecule has 3 N–H and O–H groups in total. The number of rotatable bonds is 3. The summed E-state index contributed by atoms with van der Waals surface area (Å²) in [6, 6.07) is 1.71. The summed E-state index contributed by atoms with van der Waals surface area (Å²) in [5.74, 6) is 6.44. The molecule has 98 valence electrons. The Morgan fingerprint density at radius 3 is 3.28 bits per heavy atom. The van der Waals surface area contributed by atoms with Gasteiger partial charge in [0.05, 0.1) is 17.4 Å². The molecule has 1 amide bonds. The van der Waals surface area contributed by atoms with Gasteiger partial charge in [-0.25, -0.2) is 0 Å². The Labute approximate surface area is 111 Å². The number of carbonyl (C=O) groups is 1. The van der Waals surface area contributed by atoms with E-state index in [4.69, 9.17) is 5.84 Å². The van der Waals surface area contributed by atoms with Crippen LogP contribution in [0.4, 0.5) is 5.69 Å². The summed E-state index contributed by atoms with van der Waals surface area (Å²) in [7, 11) is 0. The summed E-state index contributed by atoms with van der Waals surface area (Å²) in [5.41, 5.74) is 3.70. The van der Waals surface area contributed by atoms with Gasteiger partial charge in [-0.05, 0) is 12.5 Å². The molecule has 6 heteroatoms. The number of aromatic nitrogens is 1. The van der Waals surface area contributed by atoms with Crippen LogP contribution in [-0.2, 0) is 0 Å². The smallest absolute Gasteiger partial charge is 0.256 e. The predicted molar refractivity (Wildman–Crippen MR) is 74.5 cm³/mol. The number of anilines is 1. The minimum Gasteiger partial charge on any atom is -0.337 e. The number of thioether (sulfide) groups is 1. The van der Waals surface area contributed by atoms with Crippen molar-refractivity contribution in [1.82, 2.24) is 9.88 Å². The molecule has 1 aliphatic heterocycles. The summed E-state index contributed by atoms with van der Waals surface area (Å²) in [5, 5.41) is 0.541. The third kappa shape index (κ3) is 2.76. The van der Waals surface area contributed by atoms with Gasteiger partial charge in [-0.1, -0.05) is 6.92 Å². The Hall–Kier alpha value is -1.27. The molecule has 1 saturated heterocycles. The quantitative estimate of drug-likeness (QED) is 0.638. The molecule has 0 spiro atoms. The van der Waals surface area contributed by atoms with Gasteiger partial charge in [0.15, 0.2) is 0 Å². The van der Waals surface area contributed by atoms with Crippen LogP contribution in [-0.4, -0.2) is 39.9 Å². The largest absolute Gasteiger partial charge is 0.337 e. The molecule has 0 aromatic carbocycles. The van der Waals surface area contributed by atoms with E-state index in [0.717, 1.165) is 25.3 Å². The SMILES string of the molecule is CCC1CN(C(=O)c2ccncc2NN)CCS1. The van der Waals surface area contributed by atoms with E-state index >= 15 is 0 Å². The number of nitrogens with zero attached hydrogens (tertiary/aromatic N) is 2. The molecule has 0 bridgehead atoms. The van der Waals surface area contributed by atoms with E-state index in [1.807, 2.05) is 16.7 Å². The number of hydrogen-bond acceptors (Lipinski definition) is 5. The lowest BCUT2D eigenvalue weighted by molar-refractivity contribution is 0.0761. The summed E-state index contributed by atoms with van der Waals surface area (Å²) >= 11 is 1.94. The fourth-order valence-corrected chi connectivity index (χ4v) is 3.20. The summed E-state index contributed by atoms with van der Waals surface area (Å²) in [4.78, 5) is 18.3. The Bertz CT molecular complexity index is 426. The molecule has 1 aliphatic rings. The van der Waals surface area contributed by atoms with Crippen LogP contribution in [0.2, 0.25) is 0 Å². The molecule has 2 rings (SSSR count). The average Bonchev–Trinajstić information content (AvgIpc) is 2.46. The van der Waals surface area contributed by atoms with Gasteiger partial charge in [-0.2, -0.15) is 11.8 Å². The number of carbonyl (C=O) groups excluding carboxylic acids is 1. The predicted octanol–water partition coefficient (Wildman–Crippen LogP) is 1.33. The number of hydrazine groups is 1. The second-order valence-electron chi connectivity index (χ2n) is 4.22. The number of nitrogens with one attached hydrogen (secondary N) is 1. The molecule has 0 aliphatic carbocycles. The highest BCUT2D eigenvalue weighted by molar-refractivity contribution is 8.00. The van der Waals surface area contributed by atoms with Crippen LogP contribution in [0.3, 0.4) is 0 Å². The first kappa shape index (κ1) is 13.2. The van der Waals surface area contributed by atoms with Gasteiger partial charge in [0.1, 0.15) is 0 Å². The maximum absolute atomic E-state index is 12.4. The number of pyridine rings is 1. The maximum atomic E-state index is 12.4. The van der Waals surface area contributed by atoms with E-state index in [1.54, 1.807) is 18.5 Å². The van der Waals surface area contributed by atoms with Crippen LogP contribution < -0.4 is 11.3 Å². The van der Waals surface area contributed by atoms with Crippen molar-refractivity contribution < 1.29 is 4.79 Å². The Balaban J connectivity index is 2.15. The van der Waals surface area contributed by atoms with Gasteiger partial charge >= 0.3 is 0 Å². The fourth-order valence-electron chi connectivity index (χ4n) is 2.02. The topological polar surface area (TPSA) is 71.2 Å². The summed E-state index contributed by atoms with van der Waals surface area (Å²) < 4.78 is 0. The van der Waals surface area contributed by atoms with Gasteiger partial charge in [0.25, 0.3) is 5.91 Å². The molecule has 5 nitrogen and oxygen atoms in total. The molecule has 1 atom stereocenters. The van der Waals surface area contributed by atoms with E-state index in [0.29, 0.717) is 16.5 Å². The third-order valence-corrected chi connectivity index (χ3v) is 4.46. The van der Waals surface area contributed by atoms with Crippen molar-refractivity contribution in [3.8, 4) is 0 Å². The zero-order valence-electron chi connectivity index (χ0n) is 10.4. The summed E-state index contributed by atoms with van der Waals surface area (Å²) in [6.07, 6.45) is 4.28. The van der Waals surface area contributed by atoms with E-state index in [2.05, 4.69) is 17.3 Å². The van der Waals surface area contributed by atoms with Gasteiger partial charge in [0.2, 0.25) is 0 Å². The van der Waals surface area contributed by atoms with Crippen LogP contribution in [0.1, 0.15) is 23.7 Å².